The molecule has 0 radical (unpaired) electrons. The van der Waals surface area contributed by atoms with Gasteiger partial charge in [0.05, 0.1) is 17.9 Å². The molecule has 142 valence electrons. The lowest BCUT2D eigenvalue weighted by Crippen LogP contribution is -2.47. The Morgan fingerprint density at radius 1 is 1.19 bits per heavy atom. The largest absolute Gasteiger partial charge is 0.395 e. The van der Waals surface area contributed by atoms with Crippen LogP contribution in [0.2, 0.25) is 5.02 Å². The molecule has 0 unspecified atom stereocenters. The number of β-amino-alcohol motifs (C(OH)–C–C–N with tert-alkyl or cyclic N) is 1. The van der Waals surface area contributed by atoms with Crippen molar-refractivity contribution in [3.63, 3.8) is 0 Å². The van der Waals surface area contributed by atoms with Crippen LogP contribution in [0.1, 0.15) is 34.0 Å². The molecule has 0 bridgehead atoms. The first-order chi connectivity index (χ1) is 13.1. The number of aliphatic hydroxyl groups excluding tert-OH is 1. The summed E-state index contributed by atoms with van der Waals surface area (Å²) in [5, 5.41) is 9.76. The molecule has 1 aromatic heterocycles. The van der Waals surface area contributed by atoms with Gasteiger partial charge in [0.2, 0.25) is 5.95 Å². The van der Waals surface area contributed by atoms with E-state index in [0.29, 0.717) is 29.5 Å². The number of carbonyl (C=O) groups is 1. The molecule has 6 nitrogen and oxygen atoms in total. The second-order valence-corrected chi connectivity index (χ2v) is 7.60. The summed E-state index contributed by atoms with van der Waals surface area (Å²) < 4.78 is 0. The van der Waals surface area contributed by atoms with Gasteiger partial charge in [-0.3, -0.25) is 9.69 Å². The van der Waals surface area contributed by atoms with Crippen molar-refractivity contribution in [3.05, 3.63) is 52.3 Å². The highest BCUT2D eigenvalue weighted by molar-refractivity contribution is 6.30. The smallest absolute Gasteiger partial charge is 0.225 e. The molecule has 1 aliphatic heterocycles. The monoisotopic (exact) mass is 386 g/mol. The van der Waals surface area contributed by atoms with Crippen LogP contribution in [0.5, 0.6) is 0 Å². The molecule has 0 spiro atoms. The molecule has 4 rings (SSSR count). The van der Waals surface area contributed by atoms with E-state index >= 15 is 0 Å². The number of fused-ring (bicyclic) bond motifs is 1. The van der Waals surface area contributed by atoms with Gasteiger partial charge in [0.25, 0.3) is 0 Å². The summed E-state index contributed by atoms with van der Waals surface area (Å²) >= 11 is 6.12. The first-order valence-corrected chi connectivity index (χ1v) is 9.74. The lowest BCUT2D eigenvalue weighted by atomic mass is 9.82. The van der Waals surface area contributed by atoms with Crippen molar-refractivity contribution in [1.82, 2.24) is 14.9 Å². The molecule has 1 aromatic carbocycles. The number of aliphatic hydroxyl groups is 1. The van der Waals surface area contributed by atoms with Crippen LogP contribution in [-0.4, -0.2) is 65.1 Å². The Morgan fingerprint density at radius 2 is 2.00 bits per heavy atom. The molecule has 2 aromatic rings. The summed E-state index contributed by atoms with van der Waals surface area (Å²) in [6.45, 7) is 4.29. The second kappa shape index (κ2) is 7.92. The molecule has 1 aliphatic carbocycles. The maximum Gasteiger partial charge on any atom is 0.225 e. The zero-order valence-electron chi connectivity index (χ0n) is 15.1. The van der Waals surface area contributed by atoms with E-state index in [0.717, 1.165) is 43.9 Å². The first kappa shape index (κ1) is 18.3. The number of benzene rings is 1. The van der Waals surface area contributed by atoms with Gasteiger partial charge in [-0.05, 0) is 30.0 Å². The van der Waals surface area contributed by atoms with Crippen molar-refractivity contribution in [1.29, 1.82) is 0 Å². The maximum atomic E-state index is 12.6. The van der Waals surface area contributed by atoms with Crippen LogP contribution < -0.4 is 4.90 Å². The topological polar surface area (TPSA) is 69.6 Å². The van der Waals surface area contributed by atoms with E-state index in [1.807, 2.05) is 24.3 Å². The predicted molar refractivity (Wildman–Crippen MR) is 105 cm³/mol. The molecule has 0 saturated carbocycles. The zero-order valence-corrected chi connectivity index (χ0v) is 15.9. The number of hydrogen-bond acceptors (Lipinski definition) is 6. The van der Waals surface area contributed by atoms with Gasteiger partial charge in [0.15, 0.2) is 5.78 Å². The van der Waals surface area contributed by atoms with E-state index in [-0.39, 0.29) is 18.3 Å². The van der Waals surface area contributed by atoms with E-state index in [1.165, 1.54) is 0 Å². The van der Waals surface area contributed by atoms with Gasteiger partial charge < -0.3 is 10.0 Å². The van der Waals surface area contributed by atoms with Crippen LogP contribution in [0, 0.1) is 0 Å². The Balaban J connectivity index is 1.53. The van der Waals surface area contributed by atoms with E-state index in [9.17, 15) is 4.79 Å². The number of nitrogens with zero attached hydrogens (tertiary/aromatic N) is 4. The third kappa shape index (κ3) is 3.98. The Hall–Kier alpha value is -2.02. The molecule has 27 heavy (non-hydrogen) atoms. The molecular weight excluding hydrogens is 364 g/mol. The van der Waals surface area contributed by atoms with Crippen LogP contribution >= 0.6 is 11.6 Å². The van der Waals surface area contributed by atoms with Crippen LogP contribution in [-0.2, 0) is 6.42 Å². The number of aromatic nitrogens is 2. The molecule has 1 saturated heterocycles. The van der Waals surface area contributed by atoms with Crippen molar-refractivity contribution in [2.24, 2.45) is 0 Å². The third-order valence-corrected chi connectivity index (χ3v) is 5.65. The highest BCUT2D eigenvalue weighted by Crippen LogP contribution is 2.33. The van der Waals surface area contributed by atoms with Crippen LogP contribution in [0.15, 0.2) is 30.5 Å². The Bertz CT molecular complexity index is 836. The molecule has 1 atom stereocenters. The van der Waals surface area contributed by atoms with Gasteiger partial charge >= 0.3 is 0 Å². The van der Waals surface area contributed by atoms with Gasteiger partial charge in [0.1, 0.15) is 0 Å². The molecule has 7 heteroatoms. The quantitative estimate of drug-likeness (QED) is 0.868. The lowest BCUT2D eigenvalue weighted by molar-refractivity contribution is 0.0962. The van der Waals surface area contributed by atoms with E-state index in [4.69, 9.17) is 21.7 Å². The summed E-state index contributed by atoms with van der Waals surface area (Å²) in [7, 11) is 0. The Labute approximate surface area is 163 Å². The summed E-state index contributed by atoms with van der Waals surface area (Å²) in [6, 6.07) is 7.74. The first-order valence-electron chi connectivity index (χ1n) is 9.37. The average molecular weight is 387 g/mol. The SMILES string of the molecule is O=C1C[C@@H](c2cccc(Cl)c2)Cc2nc(N3CCN(CCO)CC3)ncc21. The lowest BCUT2D eigenvalue weighted by Gasteiger charge is -2.34. The van der Waals surface area contributed by atoms with Crippen molar-refractivity contribution < 1.29 is 9.90 Å². The number of piperazine rings is 1. The number of halogens is 1. The summed E-state index contributed by atoms with van der Waals surface area (Å²) in [5.41, 5.74) is 2.56. The van der Waals surface area contributed by atoms with Gasteiger partial charge in [-0.2, -0.15) is 0 Å². The van der Waals surface area contributed by atoms with Crippen molar-refractivity contribution in [2.75, 3.05) is 44.2 Å². The molecule has 1 fully saturated rings. The van der Waals surface area contributed by atoms with Gasteiger partial charge in [-0.1, -0.05) is 23.7 Å². The van der Waals surface area contributed by atoms with Gasteiger partial charge in [-0.25, -0.2) is 9.97 Å². The Morgan fingerprint density at radius 3 is 2.74 bits per heavy atom. The number of anilines is 1. The zero-order chi connectivity index (χ0) is 18.8. The second-order valence-electron chi connectivity index (χ2n) is 7.17. The minimum absolute atomic E-state index is 0.0977. The summed E-state index contributed by atoms with van der Waals surface area (Å²) in [5.74, 6) is 0.894. The standard InChI is InChI=1S/C20H23ClN4O2/c21-16-3-1-2-14(10-16)15-11-18-17(19(27)12-15)13-22-20(23-18)25-6-4-24(5-7-25)8-9-26/h1-3,10,13,15,26H,4-9,11-12H2/t15-/m0/s1. The average Bonchev–Trinajstić information content (AvgIpc) is 2.68. The fourth-order valence-electron chi connectivity index (χ4n) is 3.90. The molecule has 2 aliphatic rings. The molecule has 0 amide bonds. The van der Waals surface area contributed by atoms with E-state index in [1.54, 1.807) is 6.20 Å². The number of hydrogen-bond donors (Lipinski definition) is 1. The van der Waals surface area contributed by atoms with Crippen molar-refractivity contribution >= 4 is 23.3 Å². The van der Waals surface area contributed by atoms with Crippen LogP contribution in [0.3, 0.4) is 0 Å². The summed E-state index contributed by atoms with van der Waals surface area (Å²) in [6.07, 6.45) is 2.88. The number of Topliss-reactive ketones (excluding diaryl/α,β-unsaturated/α-hetero) is 1. The third-order valence-electron chi connectivity index (χ3n) is 5.42. The summed E-state index contributed by atoms with van der Waals surface area (Å²) in [4.78, 5) is 26.2. The van der Waals surface area contributed by atoms with E-state index < -0.39 is 0 Å². The highest BCUT2D eigenvalue weighted by Gasteiger charge is 2.29. The normalized spacial score (nSPS) is 20.6. The van der Waals surface area contributed by atoms with E-state index in [2.05, 4.69) is 14.8 Å². The van der Waals surface area contributed by atoms with Gasteiger partial charge in [-0.15, -0.1) is 0 Å². The molecule has 2 heterocycles. The highest BCUT2D eigenvalue weighted by atomic mass is 35.5. The van der Waals surface area contributed by atoms with Crippen molar-refractivity contribution in [2.45, 2.75) is 18.8 Å². The minimum atomic E-state index is 0.0977. The number of rotatable bonds is 4. The fourth-order valence-corrected chi connectivity index (χ4v) is 4.09. The molecule has 1 N–H and O–H groups in total. The fraction of sp³-hybridized carbons (Fsp3) is 0.450. The van der Waals surface area contributed by atoms with Crippen LogP contribution in [0.4, 0.5) is 5.95 Å². The number of ketones is 1. The van der Waals surface area contributed by atoms with Gasteiger partial charge in [0, 0.05) is 50.4 Å². The maximum absolute atomic E-state index is 12.6. The van der Waals surface area contributed by atoms with Crippen molar-refractivity contribution in [3.8, 4) is 0 Å². The minimum Gasteiger partial charge on any atom is -0.395 e. The molecular formula is C20H23ClN4O2. The number of carbonyl (C=O) groups excluding carboxylic acids is 1. The predicted octanol–water partition coefficient (Wildman–Crippen LogP) is 2.16. The van der Waals surface area contributed by atoms with Crippen LogP contribution in [0.25, 0.3) is 0 Å². The Kier molecular flexibility index (Phi) is 5.38.